The van der Waals surface area contributed by atoms with Gasteiger partial charge in [-0.05, 0) is 89.9 Å². The molecule has 3 saturated heterocycles. The maximum atomic E-state index is 16.1. The molecular weight excluding hydrogens is 845 g/mol. The SMILES string of the molecule is O=C1O[C@H](c2ccccc2)[C@H](c2ccccc2)N2[C@H]1[C@@H](C(=O)N1CCN(Cc3ccc4c(c3)OCO4)CC1)[C@]1(C(=O)Nc3ccc(C#CC4=CCCCC4)cc31)[C@H]2c1ccccc1OCCO. The van der Waals surface area contributed by atoms with Gasteiger partial charge in [0.05, 0.1) is 24.6 Å². The quantitative estimate of drug-likeness (QED) is 0.115. The van der Waals surface area contributed by atoms with Crippen LogP contribution >= 0.6 is 0 Å². The summed E-state index contributed by atoms with van der Waals surface area (Å²) in [7, 11) is 0. The Morgan fingerprint density at radius 3 is 2.34 bits per heavy atom. The van der Waals surface area contributed by atoms with Crippen molar-refractivity contribution in [1.82, 2.24) is 14.7 Å². The molecule has 5 heterocycles. The molecule has 0 bridgehead atoms. The number of para-hydroxylation sites is 1. The fourth-order valence-corrected chi connectivity index (χ4v) is 11.3. The predicted molar refractivity (Wildman–Crippen MR) is 250 cm³/mol. The maximum Gasteiger partial charge on any atom is 0.324 e. The number of ether oxygens (including phenoxy) is 4. The number of anilines is 1. The van der Waals surface area contributed by atoms with Gasteiger partial charge >= 0.3 is 5.97 Å². The number of carbonyl (C=O) groups is 3. The van der Waals surface area contributed by atoms with Crippen molar-refractivity contribution >= 4 is 23.5 Å². The van der Waals surface area contributed by atoms with Gasteiger partial charge in [0.15, 0.2) is 11.5 Å². The molecule has 67 heavy (non-hydrogen) atoms. The number of carbonyl (C=O) groups excluding carboxylic acids is 3. The van der Waals surface area contributed by atoms with Crippen LogP contribution < -0.4 is 19.5 Å². The van der Waals surface area contributed by atoms with E-state index in [1.165, 1.54) is 0 Å². The molecule has 2 amide bonds. The highest BCUT2D eigenvalue weighted by Crippen LogP contribution is 2.66. The number of hydrogen-bond acceptors (Lipinski definition) is 10. The molecule has 6 aliphatic rings. The van der Waals surface area contributed by atoms with E-state index in [9.17, 15) is 5.11 Å². The van der Waals surface area contributed by atoms with E-state index in [2.05, 4.69) is 33.0 Å². The Balaban J connectivity index is 1.09. The molecule has 11 rings (SSSR count). The minimum atomic E-state index is -1.70. The Morgan fingerprint density at radius 2 is 1.57 bits per heavy atom. The summed E-state index contributed by atoms with van der Waals surface area (Å²) in [5.41, 5.74) is 4.55. The second-order valence-corrected chi connectivity index (χ2v) is 18.1. The second-order valence-electron chi connectivity index (χ2n) is 18.1. The number of nitrogens with zero attached hydrogens (tertiary/aromatic N) is 3. The lowest BCUT2D eigenvalue weighted by Gasteiger charge is -2.46. The van der Waals surface area contributed by atoms with E-state index in [1.807, 2.05) is 126 Å². The minimum Gasteiger partial charge on any atom is -0.491 e. The number of morpholine rings is 1. The number of amides is 2. The molecule has 12 nitrogen and oxygen atoms in total. The van der Waals surface area contributed by atoms with Crippen molar-refractivity contribution in [2.24, 2.45) is 5.92 Å². The Bertz CT molecular complexity index is 2800. The fraction of sp³-hybridized carbons (Fsp3) is 0.327. The molecule has 3 fully saturated rings. The van der Waals surface area contributed by atoms with Crippen molar-refractivity contribution in [2.75, 3.05) is 51.5 Å². The highest BCUT2D eigenvalue weighted by Gasteiger charge is 2.74. The van der Waals surface area contributed by atoms with Crippen molar-refractivity contribution in [3.8, 4) is 29.1 Å². The first-order valence-corrected chi connectivity index (χ1v) is 23.4. The molecule has 0 saturated carbocycles. The van der Waals surface area contributed by atoms with E-state index >= 15 is 14.4 Å². The number of aliphatic hydroxyl groups is 1. The monoisotopic (exact) mass is 896 g/mol. The minimum absolute atomic E-state index is 0.00573. The number of aliphatic hydroxyl groups excluding tert-OH is 1. The molecule has 12 heteroatoms. The molecule has 340 valence electrons. The van der Waals surface area contributed by atoms with Crippen molar-refractivity contribution < 1.29 is 38.4 Å². The number of cyclic esters (lactones) is 1. The summed E-state index contributed by atoms with van der Waals surface area (Å²) >= 11 is 0. The van der Waals surface area contributed by atoms with E-state index in [0.717, 1.165) is 59.4 Å². The molecule has 1 spiro atoms. The summed E-state index contributed by atoms with van der Waals surface area (Å²) in [6.07, 6.45) is 5.53. The highest BCUT2D eigenvalue weighted by molar-refractivity contribution is 6.12. The Morgan fingerprint density at radius 1 is 0.806 bits per heavy atom. The summed E-state index contributed by atoms with van der Waals surface area (Å²) in [5, 5.41) is 13.3. The predicted octanol–water partition coefficient (Wildman–Crippen LogP) is 7.25. The van der Waals surface area contributed by atoms with E-state index in [0.29, 0.717) is 60.9 Å². The van der Waals surface area contributed by atoms with Crippen LogP contribution in [0.1, 0.15) is 77.3 Å². The summed E-state index contributed by atoms with van der Waals surface area (Å²) in [6, 6.07) is 35.9. The smallest absolute Gasteiger partial charge is 0.324 e. The number of hydrogen-bond donors (Lipinski definition) is 2. The van der Waals surface area contributed by atoms with Gasteiger partial charge in [-0.25, -0.2) is 0 Å². The Kier molecular flexibility index (Phi) is 11.5. The van der Waals surface area contributed by atoms with Crippen LogP contribution in [0.15, 0.2) is 133 Å². The molecule has 5 aromatic rings. The van der Waals surface area contributed by atoms with Gasteiger partial charge in [0, 0.05) is 49.5 Å². The topological polar surface area (TPSA) is 130 Å². The number of esters is 1. The third kappa shape index (κ3) is 7.61. The van der Waals surface area contributed by atoms with Gasteiger partial charge in [0.2, 0.25) is 18.6 Å². The van der Waals surface area contributed by atoms with Gasteiger partial charge in [-0.3, -0.25) is 24.2 Å². The molecule has 5 aromatic carbocycles. The normalized spacial score (nSPS) is 25.4. The molecule has 5 aliphatic heterocycles. The van der Waals surface area contributed by atoms with Crippen LogP contribution in [0.3, 0.4) is 0 Å². The first-order valence-electron chi connectivity index (χ1n) is 23.4. The molecular formula is C55H52N4O8. The third-order valence-electron chi connectivity index (χ3n) is 14.3. The van der Waals surface area contributed by atoms with Crippen molar-refractivity contribution in [3.63, 3.8) is 0 Å². The van der Waals surface area contributed by atoms with Gasteiger partial charge in [-0.2, -0.15) is 0 Å². The third-order valence-corrected chi connectivity index (χ3v) is 14.3. The molecule has 6 atom stereocenters. The number of fused-ring (bicyclic) bond motifs is 4. The lowest BCUT2D eigenvalue weighted by atomic mass is 9.64. The fourth-order valence-electron chi connectivity index (χ4n) is 11.3. The van der Waals surface area contributed by atoms with Crippen molar-refractivity contribution in [3.05, 3.63) is 166 Å². The van der Waals surface area contributed by atoms with Crippen molar-refractivity contribution in [1.29, 1.82) is 0 Å². The van der Waals surface area contributed by atoms with E-state index in [-0.39, 0.29) is 25.9 Å². The molecule has 0 aromatic heterocycles. The van der Waals surface area contributed by atoms with E-state index < -0.39 is 47.4 Å². The van der Waals surface area contributed by atoms with Crippen molar-refractivity contribution in [2.45, 2.75) is 61.9 Å². The van der Waals surface area contributed by atoms with Crippen LogP contribution in [0, 0.1) is 17.8 Å². The molecule has 2 N–H and O–H groups in total. The van der Waals surface area contributed by atoms with Crippen LogP contribution in [0.4, 0.5) is 5.69 Å². The van der Waals surface area contributed by atoms with Crippen LogP contribution in [-0.4, -0.2) is 89.8 Å². The summed E-state index contributed by atoms with van der Waals surface area (Å²) in [4.78, 5) is 53.6. The van der Waals surface area contributed by atoms with Crippen LogP contribution in [0.2, 0.25) is 0 Å². The lowest BCUT2D eigenvalue weighted by molar-refractivity contribution is -0.179. The molecule has 1 aliphatic carbocycles. The first-order chi connectivity index (χ1) is 32.9. The number of allylic oxidation sites excluding steroid dienone is 2. The molecule has 0 radical (unpaired) electrons. The van der Waals surface area contributed by atoms with Gasteiger partial charge in [0.25, 0.3) is 0 Å². The van der Waals surface area contributed by atoms with E-state index in [4.69, 9.17) is 18.9 Å². The van der Waals surface area contributed by atoms with Gasteiger partial charge in [0.1, 0.15) is 29.9 Å². The largest absolute Gasteiger partial charge is 0.491 e. The number of nitrogens with one attached hydrogen (secondary N) is 1. The zero-order valence-corrected chi connectivity index (χ0v) is 37.1. The van der Waals surface area contributed by atoms with Crippen LogP contribution in [0.5, 0.6) is 17.2 Å². The van der Waals surface area contributed by atoms with E-state index in [1.54, 1.807) is 0 Å². The zero-order chi connectivity index (χ0) is 45.5. The number of rotatable bonds is 9. The van der Waals surface area contributed by atoms with Gasteiger partial charge in [-0.15, -0.1) is 0 Å². The summed E-state index contributed by atoms with van der Waals surface area (Å²) < 4.78 is 24.2. The summed E-state index contributed by atoms with van der Waals surface area (Å²) in [6.45, 7) is 2.50. The van der Waals surface area contributed by atoms with Gasteiger partial charge < -0.3 is 34.3 Å². The average molecular weight is 897 g/mol. The summed E-state index contributed by atoms with van der Waals surface area (Å²) in [5.74, 6) is 6.17. The average Bonchev–Trinajstić information content (AvgIpc) is 4.06. The number of benzene rings is 5. The standard InChI is InChI=1S/C55H52N4O8/c60-30-31-64-44-19-11-10-18-41(44)51-55(42-32-37(22-24-43(42)56-54(55)63)21-20-36-12-4-1-5-13-36)47(52(61)58-28-26-57(27-29-58)34-38-23-25-45-46(33-38)66-35-65-45)49-53(62)67-50(40-16-8-3-9-17-40)48(59(49)51)39-14-6-2-7-15-39/h2-3,6-12,14-19,22-25,32-33,47-51,60H,1,4-5,13,26-31,34-35H2,(H,56,63)/t47-,48-,49-,50+,51+,55-/m0/s1. The van der Waals surface area contributed by atoms with Gasteiger partial charge in [-0.1, -0.05) is 103 Å². The Labute approximate surface area is 390 Å². The highest BCUT2D eigenvalue weighted by atomic mass is 16.7. The Hall–Kier alpha value is -6.91. The second kappa shape index (κ2) is 18.1. The zero-order valence-electron chi connectivity index (χ0n) is 37.1. The van der Waals surface area contributed by atoms with Crippen LogP contribution in [0.25, 0.3) is 0 Å². The number of piperazine rings is 1. The maximum absolute atomic E-state index is 16.1. The van der Waals surface area contributed by atoms with Crippen LogP contribution in [-0.2, 0) is 31.1 Å². The lowest BCUT2D eigenvalue weighted by Crippen LogP contribution is -2.58. The first kappa shape index (κ1) is 42.7. The molecule has 0 unspecified atom stereocenters.